The SMILES string of the molecule is CC(=O)NCCSSC(C)(C)[C@@H](N)C(=O)O. The van der Waals surface area contributed by atoms with Crippen molar-refractivity contribution in [1.29, 1.82) is 0 Å². The van der Waals surface area contributed by atoms with Crippen LogP contribution in [0.1, 0.15) is 20.8 Å². The van der Waals surface area contributed by atoms with Crippen LogP contribution in [-0.4, -0.2) is 40.1 Å². The summed E-state index contributed by atoms with van der Waals surface area (Å²) in [7, 11) is 2.93. The zero-order chi connectivity index (χ0) is 12.8. The van der Waals surface area contributed by atoms with Gasteiger partial charge in [-0.15, -0.1) is 0 Å². The average molecular weight is 266 g/mol. The van der Waals surface area contributed by atoms with Gasteiger partial charge in [0.05, 0.1) is 0 Å². The number of carbonyl (C=O) groups is 2. The van der Waals surface area contributed by atoms with E-state index in [9.17, 15) is 9.59 Å². The Kier molecular flexibility index (Phi) is 6.85. The van der Waals surface area contributed by atoms with Gasteiger partial charge < -0.3 is 16.2 Å². The van der Waals surface area contributed by atoms with Crippen LogP contribution in [0.15, 0.2) is 0 Å². The van der Waals surface area contributed by atoms with Crippen molar-refractivity contribution >= 4 is 33.5 Å². The molecule has 0 rings (SSSR count). The molecular weight excluding hydrogens is 248 g/mol. The summed E-state index contributed by atoms with van der Waals surface area (Å²) in [5, 5.41) is 11.5. The second-order valence-electron chi connectivity index (χ2n) is 3.81. The highest BCUT2D eigenvalue weighted by molar-refractivity contribution is 8.77. The van der Waals surface area contributed by atoms with E-state index in [0.717, 1.165) is 5.75 Å². The topological polar surface area (TPSA) is 92.4 Å². The van der Waals surface area contributed by atoms with Crippen LogP contribution in [0.2, 0.25) is 0 Å². The maximum absolute atomic E-state index is 10.7. The van der Waals surface area contributed by atoms with Crippen LogP contribution in [-0.2, 0) is 9.59 Å². The number of rotatable bonds is 7. The lowest BCUT2D eigenvalue weighted by molar-refractivity contribution is -0.139. The van der Waals surface area contributed by atoms with Crippen molar-refractivity contribution in [3.8, 4) is 0 Å². The van der Waals surface area contributed by atoms with Gasteiger partial charge in [-0.2, -0.15) is 0 Å². The minimum absolute atomic E-state index is 0.0629. The first-order valence-corrected chi connectivity index (χ1v) is 7.12. The lowest BCUT2D eigenvalue weighted by atomic mass is 10.1. The van der Waals surface area contributed by atoms with Gasteiger partial charge in [0.25, 0.3) is 0 Å². The number of nitrogens with one attached hydrogen (secondary N) is 1. The zero-order valence-electron chi connectivity index (χ0n) is 9.65. The number of nitrogens with two attached hydrogens (primary N) is 1. The molecule has 0 aliphatic carbocycles. The third-order valence-electron chi connectivity index (χ3n) is 1.85. The molecule has 16 heavy (non-hydrogen) atoms. The summed E-state index contributed by atoms with van der Waals surface area (Å²) in [5.74, 6) is -0.341. The van der Waals surface area contributed by atoms with E-state index in [1.54, 1.807) is 13.8 Å². The first-order valence-electron chi connectivity index (χ1n) is 4.81. The molecule has 0 unspecified atom stereocenters. The first-order chi connectivity index (χ1) is 7.27. The van der Waals surface area contributed by atoms with E-state index in [-0.39, 0.29) is 5.91 Å². The second kappa shape index (κ2) is 7.03. The van der Waals surface area contributed by atoms with E-state index in [1.807, 2.05) is 0 Å². The van der Waals surface area contributed by atoms with Gasteiger partial charge in [0.2, 0.25) is 5.91 Å². The molecule has 0 aromatic heterocycles. The van der Waals surface area contributed by atoms with E-state index in [4.69, 9.17) is 10.8 Å². The minimum atomic E-state index is -1.00. The monoisotopic (exact) mass is 266 g/mol. The number of carboxylic acids is 1. The molecule has 1 amide bonds. The second-order valence-corrected chi connectivity index (χ2v) is 6.88. The number of carbonyl (C=O) groups excluding carboxylic acids is 1. The maximum Gasteiger partial charge on any atom is 0.321 e. The van der Waals surface area contributed by atoms with Crippen LogP contribution in [0.3, 0.4) is 0 Å². The van der Waals surface area contributed by atoms with E-state index in [0.29, 0.717) is 6.54 Å². The summed E-state index contributed by atoms with van der Waals surface area (Å²) in [5.41, 5.74) is 5.55. The molecule has 0 fully saturated rings. The number of hydrogen-bond donors (Lipinski definition) is 3. The Bertz CT molecular complexity index is 259. The molecule has 0 spiro atoms. The molecule has 0 bridgehead atoms. The molecule has 4 N–H and O–H groups in total. The molecule has 0 radical (unpaired) electrons. The van der Waals surface area contributed by atoms with Crippen molar-refractivity contribution in [3.05, 3.63) is 0 Å². The van der Waals surface area contributed by atoms with Crippen LogP contribution in [0.25, 0.3) is 0 Å². The summed E-state index contributed by atoms with van der Waals surface area (Å²) < 4.78 is -0.535. The van der Waals surface area contributed by atoms with Crippen molar-refractivity contribution in [2.75, 3.05) is 12.3 Å². The van der Waals surface area contributed by atoms with Crippen LogP contribution in [0, 0.1) is 0 Å². The number of aliphatic carboxylic acids is 1. The standard InChI is InChI=1S/C9H18N2O3S2/c1-6(12)11-4-5-15-16-9(2,3)7(10)8(13)14/h7H,4-5,10H2,1-3H3,(H,11,12)(H,13,14)/t7-/m0/s1. The fourth-order valence-electron chi connectivity index (χ4n) is 0.811. The highest BCUT2D eigenvalue weighted by atomic mass is 33.1. The molecule has 5 nitrogen and oxygen atoms in total. The van der Waals surface area contributed by atoms with Crippen LogP contribution >= 0.6 is 21.6 Å². The van der Waals surface area contributed by atoms with Crippen molar-refractivity contribution < 1.29 is 14.7 Å². The largest absolute Gasteiger partial charge is 0.480 e. The fraction of sp³-hybridized carbons (Fsp3) is 0.778. The predicted molar refractivity (Wildman–Crippen MR) is 68.4 cm³/mol. The summed E-state index contributed by atoms with van der Waals surface area (Å²) in [6.45, 7) is 5.62. The Morgan fingerprint density at radius 1 is 1.50 bits per heavy atom. The van der Waals surface area contributed by atoms with Crippen molar-refractivity contribution in [2.45, 2.75) is 31.6 Å². The molecule has 0 saturated heterocycles. The van der Waals surface area contributed by atoms with Crippen LogP contribution < -0.4 is 11.1 Å². The minimum Gasteiger partial charge on any atom is -0.480 e. The summed E-state index contributed by atoms with van der Waals surface area (Å²) in [6.07, 6.45) is 0. The Balaban J connectivity index is 3.82. The molecule has 0 aromatic carbocycles. The average Bonchev–Trinajstić information content (AvgIpc) is 2.15. The Morgan fingerprint density at radius 2 is 2.06 bits per heavy atom. The third-order valence-corrected chi connectivity index (χ3v) is 5.16. The normalized spacial score (nSPS) is 13.2. The van der Waals surface area contributed by atoms with E-state index < -0.39 is 16.8 Å². The predicted octanol–water partition coefficient (Wildman–Crippen LogP) is 0.694. The summed E-state index contributed by atoms with van der Waals surface area (Å²) >= 11 is 0. The van der Waals surface area contributed by atoms with Gasteiger partial charge in [-0.3, -0.25) is 9.59 Å². The number of amides is 1. The molecule has 1 atom stereocenters. The van der Waals surface area contributed by atoms with Crippen molar-refractivity contribution in [1.82, 2.24) is 5.32 Å². The molecule has 7 heteroatoms. The molecular formula is C9H18N2O3S2. The van der Waals surface area contributed by atoms with Gasteiger partial charge in [0, 0.05) is 24.0 Å². The third kappa shape index (κ3) is 6.24. The fourth-order valence-corrected chi connectivity index (χ4v) is 3.31. The van der Waals surface area contributed by atoms with E-state index in [1.165, 1.54) is 28.5 Å². The molecule has 0 aliphatic rings. The van der Waals surface area contributed by atoms with Gasteiger partial charge in [-0.1, -0.05) is 21.6 Å². The van der Waals surface area contributed by atoms with E-state index in [2.05, 4.69) is 5.32 Å². The quantitative estimate of drug-likeness (QED) is 0.464. The highest BCUT2D eigenvalue weighted by Gasteiger charge is 2.32. The van der Waals surface area contributed by atoms with Gasteiger partial charge >= 0.3 is 5.97 Å². The van der Waals surface area contributed by atoms with Crippen LogP contribution in [0.5, 0.6) is 0 Å². The highest BCUT2D eigenvalue weighted by Crippen LogP contribution is 2.37. The molecule has 94 valence electrons. The molecule has 0 saturated carbocycles. The number of carboxylic acid groups (broad SMARTS) is 1. The first kappa shape index (κ1) is 15.6. The Labute approximate surface area is 103 Å². The summed E-state index contributed by atoms with van der Waals surface area (Å²) in [6, 6.07) is -0.897. The molecule has 0 aliphatic heterocycles. The van der Waals surface area contributed by atoms with Gasteiger partial charge in [0.15, 0.2) is 0 Å². The van der Waals surface area contributed by atoms with Gasteiger partial charge in [-0.25, -0.2) is 0 Å². The zero-order valence-corrected chi connectivity index (χ0v) is 11.3. The smallest absolute Gasteiger partial charge is 0.321 e. The summed E-state index contributed by atoms with van der Waals surface area (Å²) in [4.78, 5) is 21.3. The van der Waals surface area contributed by atoms with Crippen LogP contribution in [0.4, 0.5) is 0 Å². The molecule has 0 aromatic rings. The van der Waals surface area contributed by atoms with Gasteiger partial charge in [-0.05, 0) is 13.8 Å². The maximum atomic E-state index is 10.7. The molecule has 0 heterocycles. The van der Waals surface area contributed by atoms with Crippen molar-refractivity contribution in [3.63, 3.8) is 0 Å². The lowest BCUT2D eigenvalue weighted by Gasteiger charge is -2.27. The number of hydrogen-bond acceptors (Lipinski definition) is 5. The van der Waals surface area contributed by atoms with Gasteiger partial charge in [0.1, 0.15) is 6.04 Å². The Morgan fingerprint density at radius 3 is 2.50 bits per heavy atom. The Hall–Kier alpha value is -0.400. The van der Waals surface area contributed by atoms with E-state index >= 15 is 0 Å². The van der Waals surface area contributed by atoms with Crippen molar-refractivity contribution in [2.24, 2.45) is 5.73 Å². The lowest BCUT2D eigenvalue weighted by Crippen LogP contribution is -2.46.